The molecule has 1 heterocycles. The van der Waals surface area contributed by atoms with Gasteiger partial charge in [0.1, 0.15) is 5.82 Å². The van der Waals surface area contributed by atoms with E-state index in [0.717, 1.165) is 44.5 Å². The molecule has 0 amide bonds. The number of rotatable bonds is 7. The SMILES string of the molecule is O=C(CCCN1CCC(O)(Cc2ccc(Cl)cc2)CC1)c1ccc(F)cc1. The Balaban J connectivity index is 1.40. The summed E-state index contributed by atoms with van der Waals surface area (Å²) in [5.74, 6) is -0.280. The number of carbonyl (C=O) groups is 1. The van der Waals surface area contributed by atoms with Crippen molar-refractivity contribution < 1.29 is 14.3 Å². The molecule has 1 aliphatic rings. The molecule has 27 heavy (non-hydrogen) atoms. The van der Waals surface area contributed by atoms with Gasteiger partial charge in [-0.25, -0.2) is 4.39 Å². The molecule has 144 valence electrons. The molecule has 1 N–H and O–H groups in total. The van der Waals surface area contributed by atoms with Crippen LogP contribution in [0.3, 0.4) is 0 Å². The van der Waals surface area contributed by atoms with Crippen LogP contribution in [0.5, 0.6) is 0 Å². The van der Waals surface area contributed by atoms with E-state index in [-0.39, 0.29) is 11.6 Å². The van der Waals surface area contributed by atoms with E-state index in [1.54, 1.807) is 0 Å². The smallest absolute Gasteiger partial charge is 0.162 e. The molecule has 2 aromatic rings. The largest absolute Gasteiger partial charge is 0.389 e. The second kappa shape index (κ2) is 8.96. The predicted molar refractivity (Wildman–Crippen MR) is 106 cm³/mol. The van der Waals surface area contributed by atoms with Crippen molar-refractivity contribution in [3.8, 4) is 0 Å². The Hall–Kier alpha value is -1.75. The summed E-state index contributed by atoms with van der Waals surface area (Å²) in [6.07, 6.45) is 3.31. The quantitative estimate of drug-likeness (QED) is 0.708. The Labute approximate surface area is 164 Å². The highest BCUT2D eigenvalue weighted by atomic mass is 35.5. The van der Waals surface area contributed by atoms with Crippen LogP contribution < -0.4 is 0 Å². The number of halogens is 2. The van der Waals surface area contributed by atoms with E-state index < -0.39 is 5.60 Å². The van der Waals surface area contributed by atoms with E-state index in [0.29, 0.717) is 23.4 Å². The molecule has 0 saturated carbocycles. The van der Waals surface area contributed by atoms with E-state index in [9.17, 15) is 14.3 Å². The Bertz CT molecular complexity index is 753. The number of benzene rings is 2. The zero-order chi connectivity index (χ0) is 19.3. The van der Waals surface area contributed by atoms with Gasteiger partial charge >= 0.3 is 0 Å². The highest BCUT2D eigenvalue weighted by Gasteiger charge is 2.32. The fraction of sp³-hybridized carbons (Fsp3) is 0.409. The lowest BCUT2D eigenvalue weighted by Crippen LogP contribution is -2.45. The van der Waals surface area contributed by atoms with Crippen molar-refractivity contribution in [2.24, 2.45) is 0 Å². The number of ketones is 1. The summed E-state index contributed by atoms with van der Waals surface area (Å²) in [4.78, 5) is 14.4. The summed E-state index contributed by atoms with van der Waals surface area (Å²) in [7, 11) is 0. The first-order chi connectivity index (χ1) is 12.9. The molecular weight excluding hydrogens is 365 g/mol. The van der Waals surface area contributed by atoms with Crippen molar-refractivity contribution in [1.29, 1.82) is 0 Å². The average Bonchev–Trinajstić information content (AvgIpc) is 2.66. The number of hydrogen-bond donors (Lipinski definition) is 1. The molecule has 0 bridgehead atoms. The number of piperidine rings is 1. The van der Waals surface area contributed by atoms with Crippen LogP contribution in [0.2, 0.25) is 5.02 Å². The third-order valence-electron chi connectivity index (χ3n) is 5.28. The van der Waals surface area contributed by atoms with Gasteiger partial charge in [0.15, 0.2) is 5.78 Å². The minimum absolute atomic E-state index is 0.0475. The molecule has 1 aliphatic heterocycles. The van der Waals surface area contributed by atoms with Crippen molar-refractivity contribution in [2.45, 2.75) is 37.7 Å². The van der Waals surface area contributed by atoms with E-state index in [1.807, 2.05) is 24.3 Å². The minimum atomic E-state index is -0.672. The first-order valence-corrected chi connectivity index (χ1v) is 9.79. The number of aliphatic hydroxyl groups is 1. The molecule has 5 heteroatoms. The van der Waals surface area contributed by atoms with Gasteiger partial charge in [-0.1, -0.05) is 23.7 Å². The van der Waals surface area contributed by atoms with Gasteiger partial charge in [0, 0.05) is 36.5 Å². The van der Waals surface area contributed by atoms with Crippen LogP contribution in [-0.2, 0) is 6.42 Å². The molecular formula is C22H25ClFNO2. The van der Waals surface area contributed by atoms with E-state index >= 15 is 0 Å². The second-order valence-corrected chi connectivity index (χ2v) is 7.84. The van der Waals surface area contributed by atoms with Crippen molar-refractivity contribution in [1.82, 2.24) is 4.90 Å². The van der Waals surface area contributed by atoms with Gasteiger partial charge in [-0.2, -0.15) is 0 Å². The average molecular weight is 390 g/mol. The minimum Gasteiger partial charge on any atom is -0.389 e. The van der Waals surface area contributed by atoms with Crippen LogP contribution in [-0.4, -0.2) is 41.0 Å². The topological polar surface area (TPSA) is 40.5 Å². The summed E-state index contributed by atoms with van der Waals surface area (Å²) in [5.41, 5.74) is 0.987. The molecule has 0 spiro atoms. The standard InChI is InChI=1S/C22H25ClFNO2/c23-19-7-3-17(4-8-19)16-22(27)11-14-25(15-12-22)13-1-2-21(26)18-5-9-20(24)10-6-18/h3-10,27H,1-2,11-16H2. The molecule has 0 radical (unpaired) electrons. The van der Waals surface area contributed by atoms with Crippen molar-refractivity contribution in [3.63, 3.8) is 0 Å². The van der Waals surface area contributed by atoms with Crippen molar-refractivity contribution >= 4 is 17.4 Å². The predicted octanol–water partition coefficient (Wildman–Crippen LogP) is 4.51. The summed E-state index contributed by atoms with van der Waals surface area (Å²) in [5, 5.41) is 11.6. The number of carbonyl (C=O) groups excluding carboxylic acids is 1. The third-order valence-corrected chi connectivity index (χ3v) is 5.53. The van der Waals surface area contributed by atoms with Gasteiger partial charge < -0.3 is 10.0 Å². The van der Waals surface area contributed by atoms with Crippen molar-refractivity contribution in [2.75, 3.05) is 19.6 Å². The van der Waals surface area contributed by atoms with E-state index in [2.05, 4.69) is 4.90 Å². The highest BCUT2D eigenvalue weighted by molar-refractivity contribution is 6.30. The van der Waals surface area contributed by atoms with Gasteiger partial charge in [-0.3, -0.25) is 4.79 Å². The van der Waals surface area contributed by atoms with Crippen LogP contribution in [0, 0.1) is 5.82 Å². The highest BCUT2D eigenvalue weighted by Crippen LogP contribution is 2.27. The number of nitrogens with zero attached hydrogens (tertiary/aromatic N) is 1. The molecule has 0 atom stereocenters. The number of hydrogen-bond acceptors (Lipinski definition) is 3. The maximum Gasteiger partial charge on any atom is 0.162 e. The second-order valence-electron chi connectivity index (χ2n) is 7.40. The van der Waals surface area contributed by atoms with Gasteiger partial charge in [0.2, 0.25) is 0 Å². The molecule has 1 fully saturated rings. The first kappa shape index (κ1) is 20.0. The van der Waals surface area contributed by atoms with Crippen LogP contribution in [0.1, 0.15) is 41.6 Å². The molecule has 0 unspecified atom stereocenters. The monoisotopic (exact) mass is 389 g/mol. The lowest BCUT2D eigenvalue weighted by molar-refractivity contribution is -0.0207. The van der Waals surface area contributed by atoms with Gasteiger partial charge in [-0.05, 0) is 67.8 Å². The summed E-state index contributed by atoms with van der Waals surface area (Å²) in [6.45, 7) is 2.49. The summed E-state index contributed by atoms with van der Waals surface area (Å²) < 4.78 is 12.9. The van der Waals surface area contributed by atoms with E-state index in [1.165, 1.54) is 24.3 Å². The lowest BCUT2D eigenvalue weighted by atomic mass is 9.85. The normalized spacial score (nSPS) is 17.0. The van der Waals surface area contributed by atoms with Crippen LogP contribution in [0.15, 0.2) is 48.5 Å². The third kappa shape index (κ3) is 5.86. The number of likely N-dealkylation sites (tertiary alicyclic amines) is 1. The fourth-order valence-corrected chi connectivity index (χ4v) is 3.72. The Morgan fingerprint density at radius 1 is 1.07 bits per heavy atom. The summed E-state index contributed by atoms with van der Waals surface area (Å²) >= 11 is 5.92. The maximum atomic E-state index is 12.9. The Morgan fingerprint density at radius 3 is 2.33 bits per heavy atom. The molecule has 2 aromatic carbocycles. The van der Waals surface area contributed by atoms with E-state index in [4.69, 9.17) is 11.6 Å². The summed E-state index contributed by atoms with van der Waals surface area (Å²) in [6, 6.07) is 13.4. The molecule has 1 saturated heterocycles. The molecule has 3 nitrogen and oxygen atoms in total. The Kier molecular flexibility index (Phi) is 6.64. The van der Waals surface area contributed by atoms with Crippen LogP contribution in [0.4, 0.5) is 4.39 Å². The van der Waals surface area contributed by atoms with Crippen LogP contribution in [0.25, 0.3) is 0 Å². The van der Waals surface area contributed by atoms with Gasteiger partial charge in [0.05, 0.1) is 5.60 Å². The van der Waals surface area contributed by atoms with Gasteiger partial charge in [0.25, 0.3) is 0 Å². The molecule has 3 rings (SSSR count). The lowest BCUT2D eigenvalue weighted by Gasteiger charge is -2.38. The molecule has 0 aromatic heterocycles. The Morgan fingerprint density at radius 2 is 1.70 bits per heavy atom. The van der Waals surface area contributed by atoms with Crippen LogP contribution >= 0.6 is 11.6 Å². The zero-order valence-corrected chi connectivity index (χ0v) is 16.1. The van der Waals surface area contributed by atoms with Gasteiger partial charge in [-0.15, -0.1) is 0 Å². The first-order valence-electron chi connectivity index (χ1n) is 9.41. The van der Waals surface area contributed by atoms with Crippen molar-refractivity contribution in [3.05, 3.63) is 70.5 Å². The molecule has 0 aliphatic carbocycles. The maximum absolute atomic E-state index is 12.9. The zero-order valence-electron chi connectivity index (χ0n) is 15.3. The number of Topliss-reactive ketones (excluding diaryl/α,β-unsaturated/α-hetero) is 1. The fourth-order valence-electron chi connectivity index (χ4n) is 3.60.